The van der Waals surface area contributed by atoms with Gasteiger partial charge in [-0.25, -0.2) is 9.88 Å². The van der Waals surface area contributed by atoms with Crippen LogP contribution in [0.4, 0.5) is 5.82 Å². The van der Waals surface area contributed by atoms with Gasteiger partial charge in [0.2, 0.25) is 11.8 Å². The summed E-state index contributed by atoms with van der Waals surface area (Å²) in [6.45, 7) is 1.94. The molecular weight excluding hydrogens is 476 g/mol. The van der Waals surface area contributed by atoms with E-state index in [2.05, 4.69) is 33.9 Å². The van der Waals surface area contributed by atoms with Crippen molar-refractivity contribution >= 4 is 41.0 Å². The van der Waals surface area contributed by atoms with Crippen molar-refractivity contribution in [3.63, 3.8) is 0 Å². The van der Waals surface area contributed by atoms with E-state index in [4.69, 9.17) is 0 Å². The van der Waals surface area contributed by atoms with E-state index in [0.29, 0.717) is 45.4 Å². The van der Waals surface area contributed by atoms with Crippen molar-refractivity contribution < 1.29 is 19.5 Å². The van der Waals surface area contributed by atoms with Gasteiger partial charge in [0.1, 0.15) is 12.4 Å². The van der Waals surface area contributed by atoms with Gasteiger partial charge in [0.15, 0.2) is 0 Å². The lowest BCUT2D eigenvalue weighted by molar-refractivity contribution is -0.136. The summed E-state index contributed by atoms with van der Waals surface area (Å²) in [5.74, 6) is -0.716. The molecule has 5 heterocycles. The fraction of sp³-hybridized carbons (Fsp3) is 0.407. The molecule has 1 saturated heterocycles. The van der Waals surface area contributed by atoms with Crippen LogP contribution in [0.15, 0.2) is 47.5 Å². The SMILES string of the molecule is O=C(/C=C/c1cnc2c(c1)CC1(CCNCC1)C(=O)N2C(=O)CO)N1CC=C(Cc2cccs2)CC1. The van der Waals surface area contributed by atoms with Crippen molar-refractivity contribution in [3.8, 4) is 0 Å². The van der Waals surface area contributed by atoms with Crippen LogP contribution in [0, 0.1) is 5.41 Å². The van der Waals surface area contributed by atoms with Crippen LogP contribution >= 0.6 is 11.3 Å². The average Bonchev–Trinajstić information content (AvgIpc) is 3.42. The maximum absolute atomic E-state index is 13.3. The molecule has 5 rings (SSSR count). The number of aromatic nitrogens is 1. The Morgan fingerprint density at radius 3 is 2.81 bits per heavy atom. The molecule has 36 heavy (non-hydrogen) atoms. The molecule has 3 amide bonds. The van der Waals surface area contributed by atoms with Crippen LogP contribution in [-0.2, 0) is 27.2 Å². The first-order valence-corrected chi connectivity index (χ1v) is 13.2. The van der Waals surface area contributed by atoms with E-state index in [9.17, 15) is 19.5 Å². The van der Waals surface area contributed by atoms with Crippen LogP contribution in [0.1, 0.15) is 35.3 Å². The number of amides is 3. The van der Waals surface area contributed by atoms with E-state index in [1.807, 2.05) is 11.0 Å². The summed E-state index contributed by atoms with van der Waals surface area (Å²) in [4.78, 5) is 47.2. The minimum absolute atomic E-state index is 0.0544. The van der Waals surface area contributed by atoms with E-state index >= 15 is 0 Å². The zero-order chi connectivity index (χ0) is 25.1. The van der Waals surface area contributed by atoms with Crippen molar-refractivity contribution in [2.75, 3.05) is 37.7 Å². The summed E-state index contributed by atoms with van der Waals surface area (Å²) >= 11 is 1.75. The van der Waals surface area contributed by atoms with Crippen LogP contribution in [-0.4, -0.2) is 65.5 Å². The molecule has 0 aliphatic carbocycles. The normalized spacial score (nSPS) is 19.5. The molecule has 0 aromatic carbocycles. The summed E-state index contributed by atoms with van der Waals surface area (Å²) < 4.78 is 0. The third-order valence-corrected chi connectivity index (χ3v) is 8.20. The zero-order valence-corrected chi connectivity index (χ0v) is 20.9. The summed E-state index contributed by atoms with van der Waals surface area (Å²) in [6.07, 6.45) is 10.6. The number of pyridine rings is 1. The highest BCUT2D eigenvalue weighted by Crippen LogP contribution is 2.42. The standard InChI is InChI=1S/C27H30N4O4S/c32-18-24(34)31-25-21(16-27(26(31)35)7-9-28-10-8-27)14-20(17-29-25)3-4-23(33)30-11-5-19(6-12-30)15-22-2-1-13-36-22/h1-5,13-14,17,28,32H,6-12,15-16,18H2/b4-3+. The van der Waals surface area contributed by atoms with Crippen molar-refractivity contribution in [1.29, 1.82) is 0 Å². The predicted octanol–water partition coefficient (Wildman–Crippen LogP) is 2.34. The molecule has 0 unspecified atom stereocenters. The van der Waals surface area contributed by atoms with E-state index < -0.39 is 17.9 Å². The number of aliphatic hydroxyl groups excluding tert-OH is 1. The molecule has 0 bridgehead atoms. The zero-order valence-electron chi connectivity index (χ0n) is 20.1. The van der Waals surface area contributed by atoms with Gasteiger partial charge in [0.25, 0.3) is 5.91 Å². The largest absolute Gasteiger partial charge is 0.387 e. The second-order valence-corrected chi connectivity index (χ2v) is 10.7. The minimum Gasteiger partial charge on any atom is -0.387 e. The van der Waals surface area contributed by atoms with Gasteiger partial charge < -0.3 is 15.3 Å². The number of carbonyl (C=O) groups is 3. The first kappa shape index (κ1) is 24.5. The van der Waals surface area contributed by atoms with Crippen LogP contribution in [0.3, 0.4) is 0 Å². The van der Waals surface area contributed by atoms with E-state index in [0.717, 1.165) is 28.9 Å². The Balaban J connectivity index is 1.30. The van der Waals surface area contributed by atoms with Gasteiger partial charge in [-0.05, 0) is 73.5 Å². The fourth-order valence-corrected chi connectivity index (χ4v) is 6.06. The molecule has 2 N–H and O–H groups in total. The number of carbonyl (C=O) groups excluding carboxylic acids is 3. The number of nitrogens with zero attached hydrogens (tertiary/aromatic N) is 3. The number of imide groups is 1. The second kappa shape index (κ2) is 10.5. The molecule has 2 aromatic heterocycles. The molecule has 2 aromatic rings. The van der Waals surface area contributed by atoms with E-state index in [1.54, 1.807) is 29.7 Å². The molecule has 0 radical (unpaired) electrons. The Morgan fingerprint density at radius 2 is 2.11 bits per heavy atom. The average molecular weight is 507 g/mol. The lowest BCUT2D eigenvalue weighted by Crippen LogP contribution is -2.56. The Hall–Kier alpha value is -3.14. The summed E-state index contributed by atoms with van der Waals surface area (Å²) in [5, 5.41) is 14.8. The Bertz CT molecular complexity index is 1210. The Kier molecular flexibility index (Phi) is 7.13. The summed E-state index contributed by atoms with van der Waals surface area (Å²) in [6, 6.07) is 6.10. The molecule has 0 atom stereocenters. The highest BCUT2D eigenvalue weighted by atomic mass is 32.1. The summed E-state index contributed by atoms with van der Waals surface area (Å²) in [5.41, 5.74) is 2.21. The number of anilines is 1. The lowest BCUT2D eigenvalue weighted by atomic mass is 9.71. The minimum atomic E-state index is -0.753. The van der Waals surface area contributed by atoms with Crippen molar-refractivity contribution in [2.45, 2.75) is 32.1 Å². The molecular formula is C27H30N4O4S. The van der Waals surface area contributed by atoms with Gasteiger partial charge in [-0.3, -0.25) is 14.4 Å². The van der Waals surface area contributed by atoms with Gasteiger partial charge in [-0.2, -0.15) is 0 Å². The molecule has 9 heteroatoms. The molecule has 3 aliphatic heterocycles. The first-order valence-electron chi connectivity index (χ1n) is 12.3. The van der Waals surface area contributed by atoms with Crippen LogP contribution in [0.2, 0.25) is 0 Å². The number of thiophene rings is 1. The molecule has 8 nitrogen and oxygen atoms in total. The van der Waals surface area contributed by atoms with Gasteiger partial charge in [-0.1, -0.05) is 17.7 Å². The molecule has 1 spiro atoms. The van der Waals surface area contributed by atoms with Crippen molar-refractivity contribution in [3.05, 3.63) is 63.5 Å². The Morgan fingerprint density at radius 1 is 1.28 bits per heavy atom. The lowest BCUT2D eigenvalue weighted by Gasteiger charge is -2.43. The third-order valence-electron chi connectivity index (χ3n) is 7.32. The molecule has 3 aliphatic rings. The summed E-state index contributed by atoms with van der Waals surface area (Å²) in [7, 11) is 0. The quantitative estimate of drug-likeness (QED) is 0.477. The van der Waals surface area contributed by atoms with Crippen LogP contribution in [0.25, 0.3) is 6.08 Å². The maximum atomic E-state index is 13.3. The fourth-order valence-electron chi connectivity index (χ4n) is 5.30. The van der Waals surface area contributed by atoms with E-state index in [1.165, 1.54) is 10.5 Å². The van der Waals surface area contributed by atoms with Gasteiger partial charge in [0.05, 0.1) is 5.41 Å². The Labute approximate surface area is 214 Å². The number of hydrogen-bond acceptors (Lipinski definition) is 7. The van der Waals surface area contributed by atoms with Gasteiger partial charge in [-0.15, -0.1) is 11.3 Å². The van der Waals surface area contributed by atoms with Crippen LogP contribution in [0.5, 0.6) is 0 Å². The number of rotatable bonds is 5. The maximum Gasteiger partial charge on any atom is 0.260 e. The van der Waals surface area contributed by atoms with E-state index in [-0.39, 0.29) is 17.6 Å². The van der Waals surface area contributed by atoms with Gasteiger partial charge >= 0.3 is 0 Å². The van der Waals surface area contributed by atoms with Crippen LogP contribution < -0.4 is 10.2 Å². The van der Waals surface area contributed by atoms with Crippen molar-refractivity contribution in [1.82, 2.24) is 15.2 Å². The predicted molar refractivity (Wildman–Crippen MR) is 138 cm³/mol. The number of nitrogens with one attached hydrogen (secondary N) is 1. The molecule has 188 valence electrons. The highest BCUT2D eigenvalue weighted by molar-refractivity contribution is 7.09. The first-order chi connectivity index (χ1) is 17.5. The topological polar surface area (TPSA) is 103 Å². The second-order valence-electron chi connectivity index (χ2n) is 9.64. The monoisotopic (exact) mass is 506 g/mol. The molecule has 0 saturated carbocycles. The highest BCUT2D eigenvalue weighted by Gasteiger charge is 2.49. The molecule has 1 fully saturated rings. The van der Waals surface area contributed by atoms with Gasteiger partial charge in [0, 0.05) is 36.7 Å². The van der Waals surface area contributed by atoms with Crippen molar-refractivity contribution in [2.24, 2.45) is 5.41 Å². The third kappa shape index (κ3) is 4.91. The number of fused-ring (bicyclic) bond motifs is 1. The number of hydrogen-bond donors (Lipinski definition) is 2. The smallest absolute Gasteiger partial charge is 0.260 e. The number of piperidine rings is 1. The number of aliphatic hydroxyl groups is 1.